The number of anilines is 1. The molecule has 1 saturated heterocycles. The van der Waals surface area contributed by atoms with Gasteiger partial charge in [-0.15, -0.1) is 0 Å². The fraction of sp³-hybridized carbons (Fsp3) is 0.429. The van der Waals surface area contributed by atoms with Gasteiger partial charge in [-0.1, -0.05) is 0 Å². The zero-order chi connectivity index (χ0) is 15.0. The molecule has 2 aliphatic rings. The van der Waals surface area contributed by atoms with Gasteiger partial charge in [0.2, 0.25) is 5.91 Å². The lowest BCUT2D eigenvalue weighted by Gasteiger charge is -2.16. The molecule has 5 nitrogen and oxygen atoms in total. The summed E-state index contributed by atoms with van der Waals surface area (Å²) in [6.07, 6.45) is 2.76. The molecule has 1 saturated carbocycles. The van der Waals surface area contributed by atoms with E-state index in [9.17, 15) is 14.0 Å². The van der Waals surface area contributed by atoms with Gasteiger partial charge in [0.1, 0.15) is 11.9 Å². The average Bonchev–Trinajstić information content (AvgIpc) is 3.20. The number of benzene rings is 1. The van der Waals surface area contributed by atoms with Crippen LogP contribution in [-0.4, -0.2) is 35.5 Å². The number of rotatable bonds is 3. The Kier molecular flexibility index (Phi) is 3.84. The second-order valence-electron chi connectivity index (χ2n) is 5.33. The van der Waals surface area contributed by atoms with Crippen LogP contribution in [0.25, 0.3) is 0 Å². The van der Waals surface area contributed by atoms with E-state index in [1.807, 2.05) is 4.90 Å². The predicted molar refractivity (Wildman–Crippen MR) is 79.4 cm³/mol. The zero-order valence-electron chi connectivity index (χ0n) is 11.2. The number of likely N-dealkylation sites (tertiary alicyclic amines) is 1. The molecule has 1 heterocycles. The van der Waals surface area contributed by atoms with Crippen LogP contribution >= 0.6 is 15.9 Å². The van der Waals surface area contributed by atoms with Crippen LogP contribution < -0.4 is 10.6 Å². The summed E-state index contributed by atoms with van der Waals surface area (Å²) < 4.78 is 13.4. The van der Waals surface area contributed by atoms with Gasteiger partial charge >= 0.3 is 6.03 Å². The van der Waals surface area contributed by atoms with Gasteiger partial charge in [-0.2, -0.15) is 0 Å². The molecular formula is C14H15BrFN3O2. The number of carbonyl (C=O) groups is 2. The molecule has 1 unspecified atom stereocenters. The fourth-order valence-electron chi connectivity index (χ4n) is 2.49. The average molecular weight is 356 g/mol. The number of hydrogen-bond acceptors (Lipinski definition) is 2. The molecule has 1 aliphatic carbocycles. The predicted octanol–water partition coefficient (Wildman–Crippen LogP) is 2.47. The van der Waals surface area contributed by atoms with Crippen molar-refractivity contribution >= 4 is 33.6 Å². The standard InChI is InChI=1S/C14H15BrFN3O2/c15-10-7-8(16)1-4-11(10)17-14(21)18-12-5-6-19(13(12)20)9-2-3-9/h1,4,7,9,12H,2-3,5-6H2,(H2,17,18,21). The summed E-state index contributed by atoms with van der Waals surface area (Å²) >= 11 is 3.18. The Morgan fingerprint density at radius 1 is 1.33 bits per heavy atom. The number of urea groups is 1. The van der Waals surface area contributed by atoms with E-state index in [0.717, 1.165) is 12.8 Å². The first kappa shape index (κ1) is 14.3. The van der Waals surface area contributed by atoms with E-state index in [0.29, 0.717) is 29.2 Å². The third kappa shape index (κ3) is 3.18. The first-order chi connectivity index (χ1) is 10.0. The highest BCUT2D eigenvalue weighted by molar-refractivity contribution is 9.10. The van der Waals surface area contributed by atoms with Crippen LogP contribution in [0.2, 0.25) is 0 Å². The molecule has 1 aliphatic heterocycles. The Bertz CT molecular complexity index is 592. The highest BCUT2D eigenvalue weighted by Crippen LogP contribution is 2.30. The van der Waals surface area contributed by atoms with Crippen LogP contribution in [0.4, 0.5) is 14.9 Å². The van der Waals surface area contributed by atoms with Crippen molar-refractivity contribution in [2.45, 2.75) is 31.3 Å². The van der Waals surface area contributed by atoms with Crippen LogP contribution in [0.5, 0.6) is 0 Å². The number of halogens is 2. The van der Waals surface area contributed by atoms with Gasteiger partial charge in [0.25, 0.3) is 0 Å². The quantitative estimate of drug-likeness (QED) is 0.874. The third-order valence-corrected chi connectivity index (χ3v) is 4.37. The van der Waals surface area contributed by atoms with Crippen LogP contribution in [-0.2, 0) is 4.79 Å². The lowest BCUT2D eigenvalue weighted by molar-refractivity contribution is -0.129. The Labute approximate surface area is 130 Å². The highest BCUT2D eigenvalue weighted by atomic mass is 79.9. The minimum atomic E-state index is -0.468. The van der Waals surface area contributed by atoms with Crippen molar-refractivity contribution in [1.29, 1.82) is 0 Å². The van der Waals surface area contributed by atoms with Crippen LogP contribution in [0.15, 0.2) is 22.7 Å². The summed E-state index contributed by atoms with van der Waals surface area (Å²) in [5.74, 6) is -0.398. The van der Waals surface area contributed by atoms with E-state index in [2.05, 4.69) is 26.6 Å². The maximum absolute atomic E-state index is 13.0. The summed E-state index contributed by atoms with van der Waals surface area (Å²) in [7, 11) is 0. The van der Waals surface area contributed by atoms with Crippen molar-refractivity contribution in [3.8, 4) is 0 Å². The van der Waals surface area contributed by atoms with E-state index in [1.165, 1.54) is 18.2 Å². The lowest BCUT2D eigenvalue weighted by atomic mass is 10.2. The molecule has 2 N–H and O–H groups in total. The van der Waals surface area contributed by atoms with Crippen molar-refractivity contribution in [3.05, 3.63) is 28.5 Å². The molecule has 112 valence electrons. The van der Waals surface area contributed by atoms with Gasteiger partial charge in [-0.3, -0.25) is 4.79 Å². The number of nitrogens with zero attached hydrogens (tertiary/aromatic N) is 1. The van der Waals surface area contributed by atoms with Crippen LogP contribution in [0, 0.1) is 5.82 Å². The van der Waals surface area contributed by atoms with Crippen molar-refractivity contribution in [2.24, 2.45) is 0 Å². The van der Waals surface area contributed by atoms with E-state index in [-0.39, 0.29) is 11.7 Å². The third-order valence-electron chi connectivity index (χ3n) is 3.71. The number of carbonyl (C=O) groups excluding carboxylic acids is 2. The number of nitrogens with one attached hydrogen (secondary N) is 2. The van der Waals surface area contributed by atoms with Crippen molar-refractivity contribution in [1.82, 2.24) is 10.2 Å². The number of hydrogen-bond donors (Lipinski definition) is 2. The summed E-state index contributed by atoms with van der Waals surface area (Å²) in [6.45, 7) is 0.703. The molecule has 1 aromatic carbocycles. The fourth-order valence-corrected chi connectivity index (χ4v) is 2.94. The molecule has 2 fully saturated rings. The second kappa shape index (κ2) is 5.63. The molecule has 3 rings (SSSR count). The van der Waals surface area contributed by atoms with E-state index >= 15 is 0 Å². The minimum Gasteiger partial charge on any atom is -0.338 e. The van der Waals surface area contributed by atoms with Gasteiger partial charge in [0.15, 0.2) is 0 Å². The minimum absolute atomic E-state index is 0.00850. The number of amides is 3. The summed E-state index contributed by atoms with van der Waals surface area (Å²) in [6, 6.07) is 3.44. The highest BCUT2D eigenvalue weighted by Gasteiger charge is 2.40. The van der Waals surface area contributed by atoms with E-state index < -0.39 is 12.1 Å². The van der Waals surface area contributed by atoms with Crippen molar-refractivity contribution in [3.63, 3.8) is 0 Å². The molecule has 0 spiro atoms. The van der Waals surface area contributed by atoms with Crippen molar-refractivity contribution < 1.29 is 14.0 Å². The molecular weight excluding hydrogens is 341 g/mol. The van der Waals surface area contributed by atoms with Gasteiger partial charge in [-0.05, 0) is 53.4 Å². The molecule has 0 radical (unpaired) electrons. The van der Waals surface area contributed by atoms with Crippen LogP contribution in [0.1, 0.15) is 19.3 Å². The largest absolute Gasteiger partial charge is 0.338 e. The van der Waals surface area contributed by atoms with Crippen molar-refractivity contribution in [2.75, 3.05) is 11.9 Å². The molecule has 1 atom stereocenters. The summed E-state index contributed by atoms with van der Waals surface area (Å²) in [5.41, 5.74) is 0.457. The SMILES string of the molecule is O=C(Nc1ccc(F)cc1Br)NC1CCN(C2CC2)C1=O. The first-order valence-electron chi connectivity index (χ1n) is 6.87. The molecule has 7 heteroatoms. The Morgan fingerprint density at radius 3 is 2.76 bits per heavy atom. The van der Waals surface area contributed by atoms with Gasteiger partial charge < -0.3 is 15.5 Å². The molecule has 0 aromatic heterocycles. The normalized spacial score (nSPS) is 21.5. The van der Waals surface area contributed by atoms with Gasteiger partial charge in [0, 0.05) is 17.1 Å². The van der Waals surface area contributed by atoms with Crippen LogP contribution in [0.3, 0.4) is 0 Å². The molecule has 1 aromatic rings. The Hall–Kier alpha value is -1.63. The molecule has 21 heavy (non-hydrogen) atoms. The maximum atomic E-state index is 13.0. The van der Waals surface area contributed by atoms with Gasteiger partial charge in [-0.25, -0.2) is 9.18 Å². The zero-order valence-corrected chi connectivity index (χ0v) is 12.8. The topological polar surface area (TPSA) is 61.4 Å². The second-order valence-corrected chi connectivity index (χ2v) is 6.18. The molecule has 3 amide bonds. The van der Waals surface area contributed by atoms with E-state index in [1.54, 1.807) is 0 Å². The Balaban J connectivity index is 1.58. The van der Waals surface area contributed by atoms with Gasteiger partial charge in [0.05, 0.1) is 5.69 Å². The summed E-state index contributed by atoms with van der Waals surface area (Å²) in [5, 5.41) is 5.29. The van der Waals surface area contributed by atoms with E-state index in [4.69, 9.17) is 0 Å². The maximum Gasteiger partial charge on any atom is 0.319 e. The molecule has 0 bridgehead atoms. The lowest BCUT2D eigenvalue weighted by Crippen LogP contribution is -2.43. The summed E-state index contributed by atoms with van der Waals surface area (Å²) in [4.78, 5) is 25.9. The monoisotopic (exact) mass is 355 g/mol. The Morgan fingerprint density at radius 2 is 2.10 bits per heavy atom. The first-order valence-corrected chi connectivity index (χ1v) is 7.67. The smallest absolute Gasteiger partial charge is 0.319 e.